The minimum absolute atomic E-state index is 0. The second-order valence-electron chi connectivity index (χ2n) is 4.33. The number of anilines is 1. The number of hydrogen-bond donors (Lipinski definition) is 0. The van der Waals surface area contributed by atoms with E-state index in [1.54, 1.807) is 5.20 Å². The summed E-state index contributed by atoms with van der Waals surface area (Å²) >= 11 is 2.18. The molecule has 1 aliphatic rings. The summed E-state index contributed by atoms with van der Waals surface area (Å²) < 4.78 is 2.34. The van der Waals surface area contributed by atoms with Crippen molar-refractivity contribution in [1.29, 1.82) is 0 Å². The Labute approximate surface area is 135 Å². The van der Waals surface area contributed by atoms with Gasteiger partial charge >= 0.3 is 111 Å². The van der Waals surface area contributed by atoms with Crippen molar-refractivity contribution in [3.05, 3.63) is 53.4 Å². The molecule has 0 bridgehead atoms. The van der Waals surface area contributed by atoms with Gasteiger partial charge in [-0.1, -0.05) is 0 Å². The van der Waals surface area contributed by atoms with Gasteiger partial charge in [-0.3, -0.25) is 0 Å². The molecule has 0 fully saturated rings. The standard InChI is InChI=1S/C13H16NSi.2ClH.Ti/c1-15(2)13-10-6-9-12(13)14-11-7-4-3-5-8-11;;;/h3-8,10,15H,9H2,1-2H3;2*1H;/q-1;;;+1. The Bertz CT molecular complexity index is 432. The first-order valence-electron chi connectivity index (χ1n) is 5.66. The molecular formula is C13H18Cl2NSiTi. The van der Waals surface area contributed by atoms with Gasteiger partial charge in [-0.25, -0.2) is 0 Å². The SMILES string of the molecule is C[SiH](C)C1=C([N]([Ti])c2ccccc2)CC=C1.Cl.Cl. The molecule has 18 heavy (non-hydrogen) atoms. The summed E-state index contributed by atoms with van der Waals surface area (Å²) in [5.41, 5.74) is 2.78. The van der Waals surface area contributed by atoms with E-state index in [-0.39, 0.29) is 24.8 Å². The van der Waals surface area contributed by atoms with Crippen LogP contribution < -0.4 is 3.38 Å². The zero-order valence-electron chi connectivity index (χ0n) is 10.6. The van der Waals surface area contributed by atoms with E-state index < -0.39 is 8.80 Å². The maximum Gasteiger partial charge on any atom is -0.147 e. The maximum atomic E-state index is 2.39. The van der Waals surface area contributed by atoms with E-state index in [2.05, 4.69) is 79.7 Å². The second-order valence-corrected chi connectivity index (χ2v) is 7.96. The maximum absolute atomic E-state index is 2.39. The number of halogens is 2. The molecule has 0 saturated heterocycles. The molecule has 0 aromatic heterocycles. The zero-order valence-corrected chi connectivity index (χ0v) is 14.9. The first-order chi connectivity index (χ1) is 7.70. The van der Waals surface area contributed by atoms with Crippen molar-refractivity contribution in [3.8, 4) is 0 Å². The molecule has 0 amide bonds. The summed E-state index contributed by atoms with van der Waals surface area (Å²) in [7, 11) is -0.709. The van der Waals surface area contributed by atoms with Crippen LogP contribution in [-0.4, -0.2) is 8.80 Å². The van der Waals surface area contributed by atoms with Crippen molar-refractivity contribution in [1.82, 2.24) is 0 Å². The zero-order chi connectivity index (χ0) is 11.5. The van der Waals surface area contributed by atoms with Gasteiger partial charge in [0, 0.05) is 0 Å². The van der Waals surface area contributed by atoms with Crippen LogP contribution in [0.3, 0.4) is 0 Å². The number of hydrogen-bond acceptors (Lipinski definition) is 1. The van der Waals surface area contributed by atoms with Crippen molar-refractivity contribution < 1.29 is 20.7 Å². The van der Waals surface area contributed by atoms with E-state index in [0.717, 1.165) is 6.42 Å². The predicted octanol–water partition coefficient (Wildman–Crippen LogP) is 4.04. The topological polar surface area (TPSA) is 3.24 Å². The third kappa shape index (κ3) is 4.01. The van der Waals surface area contributed by atoms with Crippen molar-refractivity contribution in [2.24, 2.45) is 0 Å². The molecule has 0 atom stereocenters. The molecule has 1 aromatic carbocycles. The molecule has 97 valence electrons. The van der Waals surface area contributed by atoms with Crippen LogP contribution in [0.5, 0.6) is 0 Å². The average molecular weight is 335 g/mol. The quantitative estimate of drug-likeness (QED) is 0.754. The van der Waals surface area contributed by atoms with Crippen LogP contribution in [0.1, 0.15) is 6.42 Å². The van der Waals surface area contributed by atoms with E-state index >= 15 is 0 Å². The van der Waals surface area contributed by atoms with Crippen LogP contribution in [0.25, 0.3) is 0 Å². The monoisotopic (exact) mass is 334 g/mol. The Morgan fingerprint density at radius 2 is 1.72 bits per heavy atom. The van der Waals surface area contributed by atoms with Crippen LogP contribution in [0.4, 0.5) is 5.69 Å². The normalized spacial score (nSPS) is 13.2. The van der Waals surface area contributed by atoms with E-state index in [9.17, 15) is 0 Å². The van der Waals surface area contributed by atoms with Gasteiger partial charge in [-0.15, -0.1) is 24.8 Å². The van der Waals surface area contributed by atoms with Crippen LogP contribution in [0, 0.1) is 0 Å². The van der Waals surface area contributed by atoms with Gasteiger partial charge in [-0.2, -0.15) is 0 Å². The van der Waals surface area contributed by atoms with E-state index in [4.69, 9.17) is 0 Å². The Morgan fingerprint density at radius 3 is 2.28 bits per heavy atom. The molecule has 0 radical (unpaired) electrons. The molecule has 1 aliphatic carbocycles. The molecular weight excluding hydrogens is 317 g/mol. The van der Waals surface area contributed by atoms with Crippen molar-refractivity contribution >= 4 is 39.3 Å². The molecule has 0 heterocycles. The third-order valence-corrected chi connectivity index (χ3v) is 5.44. The Kier molecular flexibility index (Phi) is 8.24. The summed E-state index contributed by atoms with van der Waals surface area (Å²) in [4.78, 5) is 0. The van der Waals surface area contributed by atoms with E-state index in [1.165, 1.54) is 11.4 Å². The van der Waals surface area contributed by atoms with Crippen LogP contribution in [-0.2, 0) is 20.7 Å². The van der Waals surface area contributed by atoms with E-state index in [1.807, 2.05) is 0 Å². The Balaban J connectivity index is 0.00000144. The number of allylic oxidation sites excluding steroid dienone is 3. The van der Waals surface area contributed by atoms with Gasteiger partial charge in [0.2, 0.25) is 0 Å². The number of nitrogens with zero attached hydrogens (tertiary/aromatic N) is 1. The minimum atomic E-state index is -0.709. The van der Waals surface area contributed by atoms with Crippen molar-refractivity contribution in [3.63, 3.8) is 0 Å². The summed E-state index contributed by atoms with van der Waals surface area (Å²) in [5, 5.41) is 1.60. The first-order valence-corrected chi connectivity index (χ1v) is 9.24. The van der Waals surface area contributed by atoms with Crippen LogP contribution in [0.15, 0.2) is 53.4 Å². The molecule has 0 N–H and O–H groups in total. The van der Waals surface area contributed by atoms with Gasteiger partial charge < -0.3 is 0 Å². The van der Waals surface area contributed by atoms with E-state index in [0.29, 0.717) is 0 Å². The summed E-state index contributed by atoms with van der Waals surface area (Å²) in [6, 6.07) is 10.6. The molecule has 5 heteroatoms. The van der Waals surface area contributed by atoms with Gasteiger partial charge in [0.1, 0.15) is 0 Å². The molecule has 1 nitrogen and oxygen atoms in total. The molecule has 0 aliphatic heterocycles. The smallest absolute Gasteiger partial charge is 0.147 e. The second kappa shape index (κ2) is 8.24. The molecule has 2 rings (SSSR count). The summed E-state index contributed by atoms with van der Waals surface area (Å²) in [5.74, 6) is 0. The van der Waals surface area contributed by atoms with Gasteiger partial charge in [-0.05, 0) is 0 Å². The molecule has 0 saturated carbocycles. The fourth-order valence-corrected chi connectivity index (χ4v) is 4.20. The summed E-state index contributed by atoms with van der Waals surface area (Å²) in [6.45, 7) is 4.79. The Morgan fingerprint density at radius 1 is 1.11 bits per heavy atom. The van der Waals surface area contributed by atoms with Crippen LogP contribution >= 0.6 is 24.8 Å². The fraction of sp³-hybridized carbons (Fsp3) is 0.231. The number of rotatable bonds is 3. The van der Waals surface area contributed by atoms with Gasteiger partial charge in [0.05, 0.1) is 0 Å². The van der Waals surface area contributed by atoms with Crippen molar-refractivity contribution in [2.75, 3.05) is 3.38 Å². The van der Waals surface area contributed by atoms with Crippen LogP contribution in [0.2, 0.25) is 13.1 Å². The minimum Gasteiger partial charge on any atom is -0.147 e. The summed E-state index contributed by atoms with van der Waals surface area (Å²) in [6.07, 6.45) is 5.70. The average Bonchev–Trinajstić information content (AvgIpc) is 2.78. The Hall–Kier alpha value is 0.0112. The predicted molar refractivity (Wildman–Crippen MR) is 83.1 cm³/mol. The van der Waals surface area contributed by atoms with Gasteiger partial charge in [0.25, 0.3) is 0 Å². The number of benzene rings is 1. The number of para-hydroxylation sites is 1. The van der Waals surface area contributed by atoms with Crippen molar-refractivity contribution in [2.45, 2.75) is 19.5 Å². The molecule has 0 spiro atoms. The fourth-order valence-electron chi connectivity index (χ4n) is 1.99. The molecule has 1 aromatic rings. The third-order valence-electron chi connectivity index (χ3n) is 2.85. The van der Waals surface area contributed by atoms with Gasteiger partial charge in [0.15, 0.2) is 0 Å². The molecule has 0 unspecified atom stereocenters. The first kappa shape index (κ1) is 18.0. The largest absolute Gasteiger partial charge is 0.147 e.